The number of benzene rings is 1. The highest BCUT2D eigenvalue weighted by molar-refractivity contribution is 7.98. The molecule has 1 N–H and O–H groups in total. The molecule has 0 saturated carbocycles. The fourth-order valence-corrected chi connectivity index (χ4v) is 2.88. The minimum Gasteiger partial charge on any atom is -0.321 e. The third kappa shape index (κ3) is 2.99. The van der Waals surface area contributed by atoms with Crippen LogP contribution in [-0.4, -0.2) is 35.4 Å². The van der Waals surface area contributed by atoms with Crippen LogP contribution in [-0.2, 0) is 4.79 Å². The first-order valence-corrected chi connectivity index (χ1v) is 8.25. The van der Waals surface area contributed by atoms with Crippen molar-refractivity contribution in [3.63, 3.8) is 0 Å². The van der Waals surface area contributed by atoms with Gasteiger partial charge in [0.05, 0.1) is 6.04 Å². The van der Waals surface area contributed by atoms with Crippen LogP contribution in [0.1, 0.15) is 25.6 Å². The lowest BCUT2D eigenvalue weighted by molar-refractivity contribution is -0.130. The summed E-state index contributed by atoms with van der Waals surface area (Å²) in [4.78, 5) is 14.2. The highest BCUT2D eigenvalue weighted by atomic mass is 32.2. The molecular weight excluding hydrogens is 275 g/mol. The second-order valence-corrected chi connectivity index (χ2v) is 6.32. The zero-order chi connectivity index (χ0) is 14.7. The number of carbonyl (C=O) groups is 1. The number of rotatable bonds is 5. The van der Waals surface area contributed by atoms with Gasteiger partial charge in [0, 0.05) is 17.9 Å². The van der Waals surface area contributed by atoms with Crippen LogP contribution in [0.15, 0.2) is 24.3 Å². The maximum Gasteiger partial charge on any atom is 0.241 e. The predicted molar refractivity (Wildman–Crippen MR) is 81.0 cm³/mol. The summed E-state index contributed by atoms with van der Waals surface area (Å²) in [6, 6.07) is 6.43. The van der Waals surface area contributed by atoms with E-state index in [4.69, 9.17) is 0 Å². The maximum atomic E-state index is 14.0. The van der Waals surface area contributed by atoms with Crippen LogP contribution >= 0.6 is 11.8 Å². The molecule has 1 amide bonds. The quantitative estimate of drug-likeness (QED) is 0.906. The zero-order valence-electron chi connectivity index (χ0n) is 12.1. The SMILES string of the molecule is CSCCN1C(=O)C(C(C)C)NC1c1ccccc1F. The van der Waals surface area contributed by atoms with Gasteiger partial charge < -0.3 is 4.90 Å². The lowest BCUT2D eigenvalue weighted by Crippen LogP contribution is -2.35. The second kappa shape index (κ2) is 6.59. The molecule has 2 unspecified atom stereocenters. The summed E-state index contributed by atoms with van der Waals surface area (Å²) in [6.45, 7) is 4.65. The molecule has 5 heteroatoms. The average Bonchev–Trinajstić information content (AvgIpc) is 2.74. The van der Waals surface area contributed by atoms with Crippen LogP contribution in [0.3, 0.4) is 0 Å². The van der Waals surface area contributed by atoms with E-state index in [0.29, 0.717) is 12.1 Å². The van der Waals surface area contributed by atoms with Crippen LogP contribution in [0.4, 0.5) is 4.39 Å². The minimum absolute atomic E-state index is 0.0716. The van der Waals surface area contributed by atoms with Gasteiger partial charge in [-0.05, 0) is 18.2 Å². The van der Waals surface area contributed by atoms with Gasteiger partial charge in [-0.15, -0.1) is 0 Å². The molecule has 1 fully saturated rings. The Balaban J connectivity index is 2.29. The number of amides is 1. The third-order valence-electron chi connectivity index (χ3n) is 3.60. The van der Waals surface area contributed by atoms with E-state index in [1.165, 1.54) is 6.07 Å². The van der Waals surface area contributed by atoms with E-state index in [1.54, 1.807) is 34.9 Å². The highest BCUT2D eigenvalue weighted by Gasteiger charge is 2.41. The first-order chi connectivity index (χ1) is 9.56. The molecule has 0 spiro atoms. The van der Waals surface area contributed by atoms with Crippen LogP contribution in [0.2, 0.25) is 0 Å². The predicted octanol–water partition coefficient (Wildman–Crippen LogP) is 2.64. The van der Waals surface area contributed by atoms with Crippen LogP contribution in [0, 0.1) is 11.7 Å². The van der Waals surface area contributed by atoms with Crippen LogP contribution in [0.25, 0.3) is 0 Å². The fraction of sp³-hybridized carbons (Fsp3) is 0.533. The lowest BCUT2D eigenvalue weighted by atomic mass is 10.1. The summed E-state index contributed by atoms with van der Waals surface area (Å²) in [5.74, 6) is 0.845. The Kier molecular flexibility index (Phi) is 5.05. The van der Waals surface area contributed by atoms with Gasteiger partial charge in [0.2, 0.25) is 5.91 Å². The molecule has 0 aromatic heterocycles. The molecule has 0 aliphatic carbocycles. The van der Waals surface area contributed by atoms with Gasteiger partial charge in [0.1, 0.15) is 12.0 Å². The lowest BCUT2D eigenvalue weighted by Gasteiger charge is -2.24. The van der Waals surface area contributed by atoms with Gasteiger partial charge in [-0.1, -0.05) is 32.0 Å². The van der Waals surface area contributed by atoms with Gasteiger partial charge in [0.25, 0.3) is 0 Å². The summed E-state index contributed by atoms with van der Waals surface area (Å²) >= 11 is 1.69. The first-order valence-electron chi connectivity index (χ1n) is 6.86. The second-order valence-electron chi connectivity index (χ2n) is 5.34. The zero-order valence-corrected chi connectivity index (χ0v) is 12.9. The molecule has 0 bridgehead atoms. The molecule has 1 aliphatic rings. The van der Waals surface area contributed by atoms with Crippen molar-refractivity contribution in [3.8, 4) is 0 Å². The summed E-state index contributed by atoms with van der Waals surface area (Å²) in [5.41, 5.74) is 0.546. The van der Waals surface area contributed by atoms with E-state index in [0.717, 1.165) is 5.75 Å². The largest absolute Gasteiger partial charge is 0.321 e. The van der Waals surface area contributed by atoms with E-state index >= 15 is 0 Å². The summed E-state index contributed by atoms with van der Waals surface area (Å²) in [6.07, 6.45) is 1.65. The Morgan fingerprint density at radius 1 is 1.40 bits per heavy atom. The van der Waals surface area contributed by atoms with Gasteiger partial charge in [0.15, 0.2) is 0 Å². The normalized spacial score (nSPS) is 22.9. The summed E-state index contributed by atoms with van der Waals surface area (Å²) in [5, 5.41) is 3.28. The molecule has 0 radical (unpaired) electrons. The van der Waals surface area contributed by atoms with Crippen molar-refractivity contribution in [1.29, 1.82) is 0 Å². The monoisotopic (exact) mass is 296 g/mol. The van der Waals surface area contributed by atoms with Crippen molar-refractivity contribution in [2.45, 2.75) is 26.1 Å². The topological polar surface area (TPSA) is 32.3 Å². The maximum absolute atomic E-state index is 14.0. The molecule has 1 heterocycles. The number of hydrogen-bond donors (Lipinski definition) is 1. The van der Waals surface area contributed by atoms with Crippen molar-refractivity contribution in [3.05, 3.63) is 35.6 Å². The number of thioether (sulfide) groups is 1. The Labute approximate surface area is 123 Å². The van der Waals surface area contributed by atoms with Crippen molar-refractivity contribution in [2.75, 3.05) is 18.6 Å². The highest BCUT2D eigenvalue weighted by Crippen LogP contribution is 2.29. The molecule has 1 saturated heterocycles. The van der Waals surface area contributed by atoms with E-state index in [2.05, 4.69) is 5.32 Å². The molecule has 1 aromatic carbocycles. The average molecular weight is 296 g/mol. The van der Waals surface area contributed by atoms with Crippen molar-refractivity contribution in [2.24, 2.45) is 5.92 Å². The molecule has 3 nitrogen and oxygen atoms in total. The van der Waals surface area contributed by atoms with Crippen molar-refractivity contribution in [1.82, 2.24) is 10.2 Å². The minimum atomic E-state index is -0.358. The Morgan fingerprint density at radius 3 is 2.70 bits per heavy atom. The smallest absolute Gasteiger partial charge is 0.241 e. The molecule has 2 rings (SSSR count). The van der Waals surface area contributed by atoms with Gasteiger partial charge in [-0.3, -0.25) is 10.1 Å². The van der Waals surface area contributed by atoms with Crippen LogP contribution in [0.5, 0.6) is 0 Å². The van der Waals surface area contributed by atoms with Crippen molar-refractivity contribution >= 4 is 17.7 Å². The van der Waals surface area contributed by atoms with E-state index in [1.807, 2.05) is 20.1 Å². The molecular formula is C15H21FN2OS. The molecule has 20 heavy (non-hydrogen) atoms. The number of hydrogen-bond acceptors (Lipinski definition) is 3. The van der Waals surface area contributed by atoms with Gasteiger partial charge >= 0.3 is 0 Å². The Bertz CT molecular complexity index is 481. The van der Waals surface area contributed by atoms with Crippen LogP contribution < -0.4 is 5.32 Å². The summed E-state index contributed by atoms with van der Waals surface area (Å²) < 4.78 is 14.0. The van der Waals surface area contributed by atoms with Gasteiger partial charge in [-0.2, -0.15) is 11.8 Å². The number of nitrogens with one attached hydrogen (secondary N) is 1. The fourth-order valence-electron chi connectivity index (χ4n) is 2.50. The Hall–Kier alpha value is -1.07. The van der Waals surface area contributed by atoms with Gasteiger partial charge in [-0.25, -0.2) is 4.39 Å². The molecule has 2 atom stereocenters. The molecule has 1 aromatic rings. The molecule has 110 valence electrons. The number of carbonyl (C=O) groups excluding carboxylic acids is 1. The number of nitrogens with zero attached hydrogens (tertiary/aromatic N) is 1. The number of halogens is 1. The Morgan fingerprint density at radius 2 is 2.10 bits per heavy atom. The van der Waals surface area contributed by atoms with E-state index in [-0.39, 0.29) is 29.8 Å². The summed E-state index contributed by atoms with van der Waals surface area (Å²) in [7, 11) is 0. The third-order valence-corrected chi connectivity index (χ3v) is 4.19. The standard InChI is InChI=1S/C15H21FN2OS/c1-10(2)13-15(19)18(8-9-20-3)14(17-13)11-6-4-5-7-12(11)16/h4-7,10,13-14,17H,8-9H2,1-3H3. The van der Waals surface area contributed by atoms with E-state index < -0.39 is 0 Å². The van der Waals surface area contributed by atoms with Crippen molar-refractivity contribution < 1.29 is 9.18 Å². The first kappa shape index (κ1) is 15.3. The van der Waals surface area contributed by atoms with E-state index in [9.17, 15) is 9.18 Å². The molecule has 1 aliphatic heterocycles.